The number of hydrogen-bond acceptors (Lipinski definition) is 4. The quantitative estimate of drug-likeness (QED) is 0.745. The SMILES string of the molecule is COc1ccc(-c2cscn2)cc1C=O. The van der Waals surface area contributed by atoms with Crippen LogP contribution in [0.3, 0.4) is 0 Å². The minimum atomic E-state index is 0.544. The number of methoxy groups -OCH3 is 1. The van der Waals surface area contributed by atoms with Gasteiger partial charge in [0.25, 0.3) is 0 Å². The summed E-state index contributed by atoms with van der Waals surface area (Å²) >= 11 is 1.53. The van der Waals surface area contributed by atoms with E-state index in [0.29, 0.717) is 11.3 Å². The Kier molecular flexibility index (Phi) is 2.78. The van der Waals surface area contributed by atoms with Crippen LogP contribution in [0.2, 0.25) is 0 Å². The first-order chi connectivity index (χ1) is 7.35. The van der Waals surface area contributed by atoms with Crippen molar-refractivity contribution in [1.29, 1.82) is 0 Å². The molecule has 2 aromatic rings. The van der Waals surface area contributed by atoms with E-state index >= 15 is 0 Å². The van der Waals surface area contributed by atoms with Gasteiger partial charge in [-0.25, -0.2) is 4.98 Å². The molecule has 0 saturated heterocycles. The number of carbonyl (C=O) groups excluding carboxylic acids is 1. The third-order valence-corrected chi connectivity index (χ3v) is 2.67. The zero-order valence-electron chi connectivity index (χ0n) is 8.14. The van der Waals surface area contributed by atoms with E-state index in [2.05, 4.69) is 4.98 Å². The van der Waals surface area contributed by atoms with Crippen molar-refractivity contribution in [3.05, 3.63) is 34.7 Å². The first kappa shape index (κ1) is 9.86. The zero-order valence-corrected chi connectivity index (χ0v) is 8.95. The van der Waals surface area contributed by atoms with E-state index in [1.807, 2.05) is 11.4 Å². The molecule has 76 valence electrons. The highest BCUT2D eigenvalue weighted by atomic mass is 32.1. The fraction of sp³-hybridized carbons (Fsp3) is 0.0909. The summed E-state index contributed by atoms with van der Waals surface area (Å²) in [5, 5.41) is 1.94. The summed E-state index contributed by atoms with van der Waals surface area (Å²) in [4.78, 5) is 15.0. The Balaban J connectivity index is 2.48. The number of hydrogen-bond donors (Lipinski definition) is 0. The maximum absolute atomic E-state index is 10.8. The molecule has 0 bridgehead atoms. The van der Waals surface area contributed by atoms with Crippen LogP contribution >= 0.6 is 11.3 Å². The summed E-state index contributed by atoms with van der Waals surface area (Å²) in [6, 6.07) is 5.44. The maximum atomic E-state index is 10.8. The molecule has 0 aliphatic heterocycles. The van der Waals surface area contributed by atoms with Crippen molar-refractivity contribution in [3.63, 3.8) is 0 Å². The summed E-state index contributed by atoms with van der Waals surface area (Å²) < 4.78 is 5.06. The summed E-state index contributed by atoms with van der Waals surface area (Å²) in [6.45, 7) is 0. The normalized spacial score (nSPS) is 9.93. The molecular weight excluding hydrogens is 210 g/mol. The number of benzene rings is 1. The van der Waals surface area contributed by atoms with Gasteiger partial charge in [-0.1, -0.05) is 0 Å². The number of thiazole rings is 1. The summed E-state index contributed by atoms with van der Waals surface area (Å²) in [5.74, 6) is 0.587. The van der Waals surface area contributed by atoms with E-state index in [-0.39, 0.29) is 0 Å². The van der Waals surface area contributed by atoms with Gasteiger partial charge >= 0.3 is 0 Å². The number of aromatic nitrogens is 1. The van der Waals surface area contributed by atoms with Gasteiger partial charge in [-0.2, -0.15) is 0 Å². The Labute approximate surface area is 91.4 Å². The van der Waals surface area contributed by atoms with E-state index in [0.717, 1.165) is 17.5 Å². The van der Waals surface area contributed by atoms with E-state index in [4.69, 9.17) is 4.74 Å². The Bertz CT molecular complexity index is 465. The number of ether oxygens (including phenoxy) is 1. The molecule has 15 heavy (non-hydrogen) atoms. The first-order valence-corrected chi connectivity index (χ1v) is 5.31. The monoisotopic (exact) mass is 219 g/mol. The van der Waals surface area contributed by atoms with Gasteiger partial charge < -0.3 is 4.74 Å². The molecule has 1 aromatic heterocycles. The second-order valence-electron chi connectivity index (χ2n) is 2.95. The van der Waals surface area contributed by atoms with Crippen molar-refractivity contribution < 1.29 is 9.53 Å². The van der Waals surface area contributed by atoms with E-state index in [9.17, 15) is 4.79 Å². The molecule has 0 saturated carbocycles. The average molecular weight is 219 g/mol. The summed E-state index contributed by atoms with van der Waals surface area (Å²) in [6.07, 6.45) is 0.786. The number of aldehydes is 1. The average Bonchev–Trinajstić information content (AvgIpc) is 2.81. The molecule has 1 aromatic carbocycles. The highest BCUT2D eigenvalue weighted by Gasteiger charge is 2.05. The van der Waals surface area contributed by atoms with Crippen LogP contribution in [0.25, 0.3) is 11.3 Å². The molecule has 4 heteroatoms. The van der Waals surface area contributed by atoms with Crippen molar-refractivity contribution in [1.82, 2.24) is 4.98 Å². The van der Waals surface area contributed by atoms with Gasteiger partial charge in [-0.3, -0.25) is 4.79 Å². The zero-order chi connectivity index (χ0) is 10.7. The second-order valence-corrected chi connectivity index (χ2v) is 3.67. The molecule has 0 atom stereocenters. The molecule has 0 unspecified atom stereocenters. The lowest BCUT2D eigenvalue weighted by Crippen LogP contribution is -1.91. The smallest absolute Gasteiger partial charge is 0.153 e. The highest BCUT2D eigenvalue weighted by molar-refractivity contribution is 7.07. The Morgan fingerprint density at radius 1 is 1.47 bits per heavy atom. The van der Waals surface area contributed by atoms with Crippen molar-refractivity contribution in [2.75, 3.05) is 7.11 Å². The van der Waals surface area contributed by atoms with Crippen LogP contribution in [0.5, 0.6) is 5.75 Å². The van der Waals surface area contributed by atoms with Crippen LogP contribution in [-0.2, 0) is 0 Å². The Morgan fingerprint density at radius 2 is 2.33 bits per heavy atom. The predicted octanol–water partition coefficient (Wildman–Crippen LogP) is 2.63. The van der Waals surface area contributed by atoms with Crippen LogP contribution < -0.4 is 4.74 Å². The van der Waals surface area contributed by atoms with Crippen molar-refractivity contribution in [3.8, 4) is 17.0 Å². The number of carbonyl (C=O) groups is 1. The fourth-order valence-electron chi connectivity index (χ4n) is 1.34. The number of rotatable bonds is 3. The molecule has 3 nitrogen and oxygen atoms in total. The van der Waals surface area contributed by atoms with Crippen molar-refractivity contribution in [2.24, 2.45) is 0 Å². The first-order valence-electron chi connectivity index (χ1n) is 4.37. The molecule has 0 fully saturated rings. The lowest BCUT2D eigenvalue weighted by atomic mass is 10.1. The summed E-state index contributed by atoms with van der Waals surface area (Å²) in [7, 11) is 1.55. The largest absolute Gasteiger partial charge is 0.496 e. The minimum Gasteiger partial charge on any atom is -0.496 e. The maximum Gasteiger partial charge on any atom is 0.153 e. The van der Waals surface area contributed by atoms with Crippen LogP contribution in [0.4, 0.5) is 0 Å². The van der Waals surface area contributed by atoms with Gasteiger partial charge in [-0.15, -0.1) is 11.3 Å². The van der Waals surface area contributed by atoms with Gasteiger partial charge in [0.05, 0.1) is 23.9 Å². The van der Waals surface area contributed by atoms with Crippen LogP contribution in [0.1, 0.15) is 10.4 Å². The molecule has 2 rings (SSSR count). The standard InChI is InChI=1S/C11H9NO2S/c1-14-11-3-2-8(4-9(11)5-13)10-6-15-7-12-10/h2-7H,1H3. The van der Waals surface area contributed by atoms with E-state index in [1.165, 1.54) is 11.3 Å². The van der Waals surface area contributed by atoms with Crippen molar-refractivity contribution in [2.45, 2.75) is 0 Å². The van der Waals surface area contributed by atoms with Crippen LogP contribution in [0.15, 0.2) is 29.1 Å². The number of nitrogens with zero attached hydrogens (tertiary/aromatic N) is 1. The van der Waals surface area contributed by atoms with Gasteiger partial charge in [0.1, 0.15) is 5.75 Å². The highest BCUT2D eigenvalue weighted by Crippen LogP contribution is 2.25. The molecule has 0 spiro atoms. The molecule has 0 amide bonds. The predicted molar refractivity (Wildman–Crippen MR) is 59.5 cm³/mol. The van der Waals surface area contributed by atoms with Gasteiger partial charge in [0, 0.05) is 10.9 Å². The van der Waals surface area contributed by atoms with Gasteiger partial charge in [0.15, 0.2) is 6.29 Å². The fourth-order valence-corrected chi connectivity index (χ4v) is 1.90. The topological polar surface area (TPSA) is 39.2 Å². The molecular formula is C11H9NO2S. The molecule has 1 heterocycles. The van der Waals surface area contributed by atoms with E-state index < -0.39 is 0 Å². The van der Waals surface area contributed by atoms with Crippen LogP contribution in [0, 0.1) is 0 Å². The van der Waals surface area contributed by atoms with Crippen LogP contribution in [-0.4, -0.2) is 18.4 Å². The lowest BCUT2D eigenvalue weighted by Gasteiger charge is -2.04. The second kappa shape index (κ2) is 4.23. The third kappa shape index (κ3) is 1.89. The van der Waals surface area contributed by atoms with Gasteiger partial charge in [-0.05, 0) is 18.2 Å². The Hall–Kier alpha value is -1.68. The third-order valence-electron chi connectivity index (χ3n) is 2.08. The van der Waals surface area contributed by atoms with Gasteiger partial charge in [0.2, 0.25) is 0 Å². The molecule has 0 radical (unpaired) electrons. The summed E-state index contributed by atoms with van der Waals surface area (Å²) in [5.41, 5.74) is 4.12. The van der Waals surface area contributed by atoms with E-state index in [1.54, 1.807) is 24.8 Å². The molecule has 0 aliphatic rings. The molecule has 0 N–H and O–H groups in total. The lowest BCUT2D eigenvalue weighted by molar-refractivity contribution is 0.112. The molecule has 0 aliphatic carbocycles. The Morgan fingerprint density at radius 3 is 2.93 bits per heavy atom. The minimum absolute atomic E-state index is 0.544. The van der Waals surface area contributed by atoms with Crippen molar-refractivity contribution >= 4 is 17.6 Å².